The zero-order chi connectivity index (χ0) is 21.8. The van der Waals surface area contributed by atoms with Crippen molar-refractivity contribution in [3.05, 3.63) is 72.1 Å². The standard InChI is InChI=1S/C23H25FN4O2S/c1-2-10-25-22(31)26-13-19-15-28(23(29)30-19)18-7-8-21(20(24)12-18)27-11-9-16-5-3-4-6-17(16)14-27/h2-8,12,19H,1,9-11,13-15H2,(H2,25,26,31)/t19-/m0/s1. The average Bonchev–Trinajstić information content (AvgIpc) is 3.16. The largest absolute Gasteiger partial charge is 0.442 e. The molecule has 0 aromatic heterocycles. The van der Waals surface area contributed by atoms with Crippen LogP contribution in [0.5, 0.6) is 0 Å². The fraction of sp³-hybridized carbons (Fsp3) is 0.304. The van der Waals surface area contributed by atoms with E-state index in [4.69, 9.17) is 17.0 Å². The molecule has 0 saturated carbocycles. The number of hydrogen-bond acceptors (Lipinski definition) is 4. The van der Waals surface area contributed by atoms with Gasteiger partial charge in [0.25, 0.3) is 0 Å². The average molecular weight is 441 g/mol. The van der Waals surface area contributed by atoms with Crippen molar-refractivity contribution in [2.45, 2.75) is 19.1 Å². The lowest BCUT2D eigenvalue weighted by molar-refractivity contribution is 0.143. The number of cyclic esters (lactones) is 1. The molecule has 8 heteroatoms. The lowest BCUT2D eigenvalue weighted by atomic mass is 9.99. The van der Waals surface area contributed by atoms with Gasteiger partial charge in [0.05, 0.1) is 24.5 Å². The second-order valence-corrected chi connectivity index (χ2v) is 7.98. The van der Waals surface area contributed by atoms with Crippen molar-refractivity contribution in [3.63, 3.8) is 0 Å². The van der Waals surface area contributed by atoms with Crippen LogP contribution in [0.4, 0.5) is 20.6 Å². The van der Waals surface area contributed by atoms with Crippen molar-refractivity contribution in [2.24, 2.45) is 0 Å². The summed E-state index contributed by atoms with van der Waals surface area (Å²) in [6, 6.07) is 13.2. The Morgan fingerprint density at radius 1 is 1.26 bits per heavy atom. The summed E-state index contributed by atoms with van der Waals surface area (Å²) in [5.74, 6) is -0.346. The number of halogens is 1. The SMILES string of the molecule is C=CCNC(=S)NC[C@H]1CN(c2ccc(N3CCc4ccccc4C3)c(F)c2)C(=O)O1. The summed E-state index contributed by atoms with van der Waals surface area (Å²) >= 11 is 5.15. The van der Waals surface area contributed by atoms with Gasteiger partial charge < -0.3 is 20.3 Å². The molecule has 0 aliphatic carbocycles. The minimum atomic E-state index is -0.490. The fourth-order valence-corrected chi connectivity index (χ4v) is 4.06. The van der Waals surface area contributed by atoms with Crippen LogP contribution in [0.25, 0.3) is 0 Å². The highest BCUT2D eigenvalue weighted by atomic mass is 32.1. The molecular weight excluding hydrogens is 415 g/mol. The van der Waals surface area contributed by atoms with E-state index in [0.717, 1.165) is 13.0 Å². The van der Waals surface area contributed by atoms with Crippen LogP contribution >= 0.6 is 12.2 Å². The van der Waals surface area contributed by atoms with E-state index in [9.17, 15) is 9.18 Å². The normalized spacial score (nSPS) is 17.7. The van der Waals surface area contributed by atoms with Crippen LogP contribution in [-0.4, -0.2) is 43.5 Å². The van der Waals surface area contributed by atoms with Crippen LogP contribution < -0.4 is 20.4 Å². The maximum atomic E-state index is 15.0. The number of fused-ring (bicyclic) bond motifs is 1. The lowest BCUT2D eigenvalue weighted by Gasteiger charge is -2.31. The monoisotopic (exact) mass is 440 g/mol. The number of benzene rings is 2. The molecule has 2 N–H and O–H groups in total. The van der Waals surface area contributed by atoms with E-state index in [0.29, 0.717) is 42.7 Å². The third-order valence-corrected chi connectivity index (χ3v) is 5.77. The van der Waals surface area contributed by atoms with E-state index in [2.05, 4.69) is 29.3 Å². The molecular formula is C23H25FN4O2S. The maximum Gasteiger partial charge on any atom is 0.414 e. The van der Waals surface area contributed by atoms with E-state index < -0.39 is 6.09 Å². The van der Waals surface area contributed by atoms with E-state index in [1.807, 2.05) is 17.0 Å². The first kappa shape index (κ1) is 21.1. The van der Waals surface area contributed by atoms with Gasteiger partial charge in [0, 0.05) is 19.6 Å². The summed E-state index contributed by atoms with van der Waals surface area (Å²) in [7, 11) is 0. The maximum absolute atomic E-state index is 15.0. The Bertz CT molecular complexity index is 999. The molecule has 0 spiro atoms. The molecule has 1 saturated heterocycles. The second-order valence-electron chi connectivity index (χ2n) is 7.57. The number of hydrogen-bond donors (Lipinski definition) is 2. The van der Waals surface area contributed by atoms with Gasteiger partial charge in [-0.3, -0.25) is 4.90 Å². The van der Waals surface area contributed by atoms with Crippen molar-refractivity contribution in [2.75, 3.05) is 36.0 Å². The van der Waals surface area contributed by atoms with Crippen molar-refractivity contribution in [3.8, 4) is 0 Å². The molecule has 1 amide bonds. The third-order valence-electron chi connectivity index (χ3n) is 5.49. The molecule has 1 fully saturated rings. The molecule has 4 rings (SSSR count). The molecule has 1 atom stereocenters. The Hall–Kier alpha value is -3.13. The van der Waals surface area contributed by atoms with Crippen LogP contribution in [0.3, 0.4) is 0 Å². The predicted octanol–water partition coefficient (Wildman–Crippen LogP) is 3.36. The predicted molar refractivity (Wildman–Crippen MR) is 124 cm³/mol. The Balaban J connectivity index is 1.39. The lowest BCUT2D eigenvalue weighted by Crippen LogP contribution is -2.40. The van der Waals surface area contributed by atoms with Crippen LogP contribution in [-0.2, 0) is 17.7 Å². The van der Waals surface area contributed by atoms with Gasteiger partial charge in [-0.1, -0.05) is 30.3 Å². The quantitative estimate of drug-likeness (QED) is 0.531. The van der Waals surface area contributed by atoms with Crippen molar-refractivity contribution >= 4 is 34.8 Å². The van der Waals surface area contributed by atoms with Crippen LogP contribution in [0.15, 0.2) is 55.1 Å². The number of amides is 1. The van der Waals surface area contributed by atoms with Gasteiger partial charge in [-0.2, -0.15) is 0 Å². The number of ether oxygens (including phenoxy) is 1. The van der Waals surface area contributed by atoms with Gasteiger partial charge in [0.1, 0.15) is 11.9 Å². The van der Waals surface area contributed by atoms with E-state index >= 15 is 0 Å². The highest BCUT2D eigenvalue weighted by Gasteiger charge is 2.33. The van der Waals surface area contributed by atoms with Crippen molar-refractivity contribution in [1.82, 2.24) is 10.6 Å². The molecule has 2 heterocycles. The van der Waals surface area contributed by atoms with Crippen molar-refractivity contribution in [1.29, 1.82) is 0 Å². The zero-order valence-corrected chi connectivity index (χ0v) is 18.0. The Morgan fingerprint density at radius 2 is 2.06 bits per heavy atom. The number of carbonyl (C=O) groups is 1. The fourth-order valence-electron chi connectivity index (χ4n) is 3.89. The van der Waals surface area contributed by atoms with Gasteiger partial charge in [-0.05, 0) is 48.0 Å². The number of thiocarbonyl (C=S) groups is 1. The molecule has 2 aliphatic rings. The first-order valence-corrected chi connectivity index (χ1v) is 10.7. The highest BCUT2D eigenvalue weighted by Crippen LogP contribution is 2.30. The summed E-state index contributed by atoms with van der Waals surface area (Å²) in [5, 5.41) is 6.43. The first-order chi connectivity index (χ1) is 15.0. The van der Waals surface area contributed by atoms with Gasteiger partial charge in [0.2, 0.25) is 0 Å². The van der Waals surface area contributed by atoms with E-state index in [-0.39, 0.29) is 11.9 Å². The highest BCUT2D eigenvalue weighted by molar-refractivity contribution is 7.80. The van der Waals surface area contributed by atoms with Gasteiger partial charge in [0.15, 0.2) is 5.11 Å². The van der Waals surface area contributed by atoms with Crippen LogP contribution in [0, 0.1) is 5.82 Å². The summed E-state index contributed by atoms with van der Waals surface area (Å²) in [6.45, 7) is 6.30. The summed E-state index contributed by atoms with van der Waals surface area (Å²) < 4.78 is 20.4. The molecule has 2 aromatic rings. The smallest absolute Gasteiger partial charge is 0.414 e. The summed E-state index contributed by atoms with van der Waals surface area (Å²) in [6.07, 6.45) is 1.72. The number of nitrogens with zero attached hydrogens (tertiary/aromatic N) is 2. The minimum absolute atomic E-state index is 0.325. The third kappa shape index (κ3) is 4.80. The summed E-state index contributed by atoms with van der Waals surface area (Å²) in [5.41, 5.74) is 3.56. The van der Waals surface area contributed by atoms with Gasteiger partial charge in [-0.15, -0.1) is 6.58 Å². The number of carbonyl (C=O) groups excluding carboxylic acids is 1. The van der Waals surface area contributed by atoms with E-state index in [1.54, 1.807) is 18.2 Å². The molecule has 2 aliphatic heterocycles. The Kier molecular flexibility index (Phi) is 6.36. The van der Waals surface area contributed by atoms with Crippen LogP contribution in [0.1, 0.15) is 11.1 Å². The number of rotatable bonds is 6. The number of nitrogens with one attached hydrogen (secondary N) is 2. The Morgan fingerprint density at radius 3 is 2.84 bits per heavy atom. The topological polar surface area (TPSA) is 56.8 Å². The first-order valence-electron chi connectivity index (χ1n) is 10.3. The molecule has 162 valence electrons. The Labute approximate surface area is 186 Å². The number of anilines is 2. The van der Waals surface area contributed by atoms with Crippen molar-refractivity contribution < 1.29 is 13.9 Å². The van der Waals surface area contributed by atoms with Crippen LogP contribution in [0.2, 0.25) is 0 Å². The molecule has 0 unspecified atom stereocenters. The molecule has 31 heavy (non-hydrogen) atoms. The minimum Gasteiger partial charge on any atom is -0.442 e. The second kappa shape index (κ2) is 9.34. The molecule has 0 bridgehead atoms. The van der Waals surface area contributed by atoms with E-state index in [1.165, 1.54) is 22.1 Å². The molecule has 6 nitrogen and oxygen atoms in total. The molecule has 0 radical (unpaired) electrons. The summed E-state index contributed by atoms with van der Waals surface area (Å²) in [4.78, 5) is 15.8. The van der Waals surface area contributed by atoms with Gasteiger partial charge >= 0.3 is 6.09 Å². The van der Waals surface area contributed by atoms with Gasteiger partial charge in [-0.25, -0.2) is 9.18 Å². The zero-order valence-electron chi connectivity index (χ0n) is 17.1. The molecule has 2 aromatic carbocycles.